The van der Waals surface area contributed by atoms with Gasteiger partial charge in [-0.25, -0.2) is 0 Å². The van der Waals surface area contributed by atoms with Crippen molar-refractivity contribution in [1.82, 2.24) is 0 Å². The van der Waals surface area contributed by atoms with Crippen LogP contribution in [0.5, 0.6) is 0 Å². The van der Waals surface area contributed by atoms with E-state index in [1.165, 1.54) is 0 Å². The molecule has 28 valence electrons. The topological polar surface area (TPSA) is 0 Å². The molecule has 0 N–H and O–H groups in total. The Morgan fingerprint density at radius 1 is 1.75 bits per heavy atom. The highest BCUT2D eigenvalue weighted by atomic mass is 35.5. The Bertz CT molecular complexity index is 6.00. The fourth-order valence-electron chi connectivity index (χ4n) is 0. The van der Waals surface area contributed by atoms with Gasteiger partial charge in [-0.2, -0.15) is 0 Å². The molecular formula is C2H9ClSi. The number of halogens is 1. The number of alkyl halides is 1. The molecular weight excluding hydrogens is 87.6 g/mol. The van der Waals surface area contributed by atoms with Crippen molar-refractivity contribution in [2.45, 2.75) is 6.92 Å². The summed E-state index contributed by atoms with van der Waals surface area (Å²) in [5.41, 5.74) is 0. The Morgan fingerprint density at radius 3 is 1.75 bits per heavy atom. The molecule has 0 aliphatic heterocycles. The fraction of sp³-hybridized carbons (Fsp3) is 1.00. The van der Waals surface area contributed by atoms with Crippen LogP contribution in [-0.2, 0) is 0 Å². The summed E-state index contributed by atoms with van der Waals surface area (Å²) >= 11 is 5.00. The lowest BCUT2D eigenvalue weighted by Gasteiger charge is -1.45. The molecule has 0 aliphatic rings. The first-order chi connectivity index (χ1) is 1.41. The van der Waals surface area contributed by atoms with Gasteiger partial charge in [0.1, 0.15) is 0 Å². The Labute approximate surface area is 36.2 Å². The van der Waals surface area contributed by atoms with E-state index in [2.05, 4.69) is 0 Å². The predicted molar refractivity (Wildman–Crippen MR) is 27.7 cm³/mol. The maximum absolute atomic E-state index is 5.00. The molecule has 0 bridgehead atoms. The quantitative estimate of drug-likeness (QED) is 0.289. The molecule has 0 unspecified atom stereocenters. The summed E-state index contributed by atoms with van der Waals surface area (Å²) < 4.78 is 0. The summed E-state index contributed by atoms with van der Waals surface area (Å²) in [7, 11) is 0. The summed E-state index contributed by atoms with van der Waals surface area (Å²) in [5, 5.41) is 0. The van der Waals surface area contributed by atoms with E-state index in [1.54, 1.807) is 0 Å². The lowest BCUT2D eigenvalue weighted by molar-refractivity contribution is 1.51. The van der Waals surface area contributed by atoms with Crippen molar-refractivity contribution >= 4 is 22.6 Å². The van der Waals surface area contributed by atoms with Gasteiger partial charge in [-0.05, 0) is 11.0 Å². The summed E-state index contributed by atoms with van der Waals surface area (Å²) in [6.07, 6.45) is 0. The molecule has 0 fully saturated rings. The smallest absolute Gasteiger partial charge is 0.0195 e. The van der Waals surface area contributed by atoms with E-state index < -0.39 is 0 Å². The van der Waals surface area contributed by atoms with Gasteiger partial charge in [0.15, 0.2) is 0 Å². The number of hydrogen-bond donors (Lipinski definition) is 0. The first kappa shape index (κ1) is 8.82. The zero-order valence-corrected chi connectivity index (χ0v) is 2.84. The Balaban J connectivity index is 0. The van der Waals surface area contributed by atoms with E-state index in [4.69, 9.17) is 11.6 Å². The minimum Gasteiger partial charge on any atom is -0.127 e. The Hall–Kier alpha value is 0.507. The van der Waals surface area contributed by atoms with Crippen LogP contribution in [0.25, 0.3) is 0 Å². The molecule has 4 heavy (non-hydrogen) atoms. The highest BCUT2D eigenvalue weighted by Crippen LogP contribution is 1.59. The second kappa shape index (κ2) is 9.71. The van der Waals surface area contributed by atoms with Crippen molar-refractivity contribution in [1.29, 1.82) is 0 Å². The van der Waals surface area contributed by atoms with Gasteiger partial charge in [-0.3, -0.25) is 0 Å². The van der Waals surface area contributed by atoms with Gasteiger partial charge in [0, 0.05) is 5.88 Å². The van der Waals surface area contributed by atoms with Crippen molar-refractivity contribution in [3.63, 3.8) is 0 Å². The summed E-state index contributed by atoms with van der Waals surface area (Å²) in [6, 6.07) is 0. The molecule has 0 saturated carbocycles. The normalized spacial score (nSPS) is 4.50. The van der Waals surface area contributed by atoms with Crippen LogP contribution >= 0.6 is 11.6 Å². The Kier molecular flexibility index (Phi) is 21.4. The zero-order chi connectivity index (χ0) is 2.71. The van der Waals surface area contributed by atoms with Gasteiger partial charge in [0.05, 0.1) is 0 Å². The van der Waals surface area contributed by atoms with Crippen LogP contribution in [0.15, 0.2) is 0 Å². The second-order valence-electron chi connectivity index (χ2n) is 0.267. The summed E-state index contributed by atoms with van der Waals surface area (Å²) in [4.78, 5) is 0. The maximum Gasteiger partial charge on any atom is 0.0195 e. The lowest BCUT2D eigenvalue weighted by atomic mass is 11.0. The highest BCUT2D eigenvalue weighted by molar-refractivity contribution is 6.17. The van der Waals surface area contributed by atoms with Crippen LogP contribution in [0.1, 0.15) is 6.92 Å². The third-order valence-electron chi connectivity index (χ3n) is 0. The van der Waals surface area contributed by atoms with E-state index in [0.29, 0.717) is 0 Å². The fourth-order valence-corrected chi connectivity index (χ4v) is 0. The molecule has 0 aliphatic carbocycles. The van der Waals surface area contributed by atoms with Crippen molar-refractivity contribution in [3.8, 4) is 0 Å². The van der Waals surface area contributed by atoms with Crippen molar-refractivity contribution in [2.75, 3.05) is 5.88 Å². The van der Waals surface area contributed by atoms with Gasteiger partial charge in [0.25, 0.3) is 0 Å². The largest absolute Gasteiger partial charge is 0.127 e. The molecule has 0 aromatic rings. The molecule has 0 amide bonds. The van der Waals surface area contributed by atoms with Crippen molar-refractivity contribution in [3.05, 3.63) is 0 Å². The maximum atomic E-state index is 5.00. The molecule has 0 aromatic heterocycles. The summed E-state index contributed by atoms with van der Waals surface area (Å²) in [6.45, 7) is 1.89. The van der Waals surface area contributed by atoms with Crippen molar-refractivity contribution < 1.29 is 0 Å². The minimum atomic E-state index is 0. The average Bonchev–Trinajstić information content (AvgIpc) is 0.918. The molecule has 0 radical (unpaired) electrons. The Morgan fingerprint density at radius 2 is 1.75 bits per heavy atom. The summed E-state index contributed by atoms with van der Waals surface area (Å²) in [5.74, 6) is 0.722. The minimum absolute atomic E-state index is 0. The SMILES string of the molecule is CCCl.[SiH4]. The number of rotatable bonds is 0. The molecule has 0 heterocycles. The van der Waals surface area contributed by atoms with Crippen LogP contribution in [-0.4, -0.2) is 16.8 Å². The first-order valence-corrected chi connectivity index (χ1v) is 1.51. The van der Waals surface area contributed by atoms with Crippen molar-refractivity contribution in [2.24, 2.45) is 0 Å². The van der Waals surface area contributed by atoms with E-state index in [0.717, 1.165) is 5.88 Å². The van der Waals surface area contributed by atoms with Gasteiger partial charge in [-0.15, -0.1) is 11.6 Å². The molecule has 0 atom stereocenters. The first-order valence-electron chi connectivity index (χ1n) is 0.974. The average molecular weight is 96.6 g/mol. The van der Waals surface area contributed by atoms with E-state index >= 15 is 0 Å². The standard InChI is InChI=1S/C2H5Cl.H4Si/c1-2-3;/h2H2,1H3;1H4. The molecule has 0 nitrogen and oxygen atoms in total. The molecule has 0 rings (SSSR count). The third-order valence-corrected chi connectivity index (χ3v) is 0. The molecule has 0 spiro atoms. The monoisotopic (exact) mass is 96.0 g/mol. The van der Waals surface area contributed by atoms with Gasteiger partial charge in [-0.1, -0.05) is 6.92 Å². The number of hydrogen-bond acceptors (Lipinski definition) is 0. The highest BCUT2D eigenvalue weighted by Gasteiger charge is 1.38. The van der Waals surface area contributed by atoms with Crippen LogP contribution < -0.4 is 0 Å². The molecule has 0 aromatic carbocycles. The van der Waals surface area contributed by atoms with Crippen LogP contribution in [0, 0.1) is 0 Å². The van der Waals surface area contributed by atoms with Crippen LogP contribution in [0.4, 0.5) is 0 Å². The lowest BCUT2D eigenvalue weighted by Crippen LogP contribution is -1.36. The van der Waals surface area contributed by atoms with Gasteiger partial charge in [0.2, 0.25) is 0 Å². The molecule has 0 saturated heterocycles. The van der Waals surface area contributed by atoms with Gasteiger partial charge < -0.3 is 0 Å². The van der Waals surface area contributed by atoms with E-state index in [1.807, 2.05) is 6.92 Å². The second-order valence-corrected chi connectivity index (χ2v) is 0.802. The predicted octanol–water partition coefficient (Wildman–Crippen LogP) is -0.206. The van der Waals surface area contributed by atoms with Crippen LogP contribution in [0.2, 0.25) is 0 Å². The van der Waals surface area contributed by atoms with E-state index in [9.17, 15) is 0 Å². The van der Waals surface area contributed by atoms with E-state index in [-0.39, 0.29) is 11.0 Å². The van der Waals surface area contributed by atoms with Gasteiger partial charge >= 0.3 is 0 Å². The zero-order valence-electron chi connectivity index (χ0n) is 2.09. The molecule has 2 heteroatoms. The van der Waals surface area contributed by atoms with Crippen LogP contribution in [0.3, 0.4) is 0 Å². The third kappa shape index (κ3) is 22.2.